The highest BCUT2D eigenvalue weighted by atomic mass is 16.5. The average Bonchev–Trinajstić information content (AvgIpc) is 3.13. The molecule has 8 heteroatoms. The van der Waals surface area contributed by atoms with Crippen molar-refractivity contribution in [3.63, 3.8) is 0 Å². The van der Waals surface area contributed by atoms with Crippen LogP contribution in [0.2, 0.25) is 0 Å². The summed E-state index contributed by atoms with van der Waals surface area (Å²) in [7, 11) is 0. The van der Waals surface area contributed by atoms with Crippen LogP contribution in [-0.2, 0) is 14.4 Å². The highest BCUT2D eigenvalue weighted by Crippen LogP contribution is 2.42. The number of hydrogen-bond donors (Lipinski definition) is 2. The fourth-order valence-corrected chi connectivity index (χ4v) is 3.98. The van der Waals surface area contributed by atoms with Gasteiger partial charge in [-0.05, 0) is 60.5 Å². The van der Waals surface area contributed by atoms with Crippen molar-refractivity contribution in [1.82, 2.24) is 4.98 Å². The van der Waals surface area contributed by atoms with Crippen LogP contribution in [0.5, 0.6) is 5.75 Å². The summed E-state index contributed by atoms with van der Waals surface area (Å²) < 4.78 is 5.66. The second-order valence-electron chi connectivity index (χ2n) is 8.05. The Kier molecular flexibility index (Phi) is 6.91. The van der Waals surface area contributed by atoms with E-state index in [-0.39, 0.29) is 17.2 Å². The van der Waals surface area contributed by atoms with Crippen LogP contribution in [-0.4, -0.2) is 34.3 Å². The second-order valence-corrected chi connectivity index (χ2v) is 8.05. The molecule has 2 aromatic carbocycles. The fourth-order valence-electron chi connectivity index (χ4n) is 3.98. The third kappa shape index (κ3) is 4.91. The lowest BCUT2D eigenvalue weighted by atomic mass is 9.95. The number of aliphatic hydroxyl groups is 1. The molecule has 2 heterocycles. The Bertz CT molecular complexity index is 1290. The van der Waals surface area contributed by atoms with Crippen molar-refractivity contribution in [3.05, 3.63) is 89.8 Å². The van der Waals surface area contributed by atoms with Gasteiger partial charge in [-0.3, -0.25) is 24.3 Å². The first-order valence-corrected chi connectivity index (χ1v) is 11.2. The largest absolute Gasteiger partial charge is 0.507 e. The minimum Gasteiger partial charge on any atom is -0.507 e. The number of nitrogens with zero attached hydrogens (tertiary/aromatic N) is 2. The number of hydrogen-bond acceptors (Lipinski definition) is 6. The van der Waals surface area contributed by atoms with E-state index in [1.807, 2.05) is 6.92 Å². The number of aliphatic hydroxyl groups excluding tert-OH is 1. The normalized spacial score (nSPS) is 16.9. The maximum absolute atomic E-state index is 13.2. The van der Waals surface area contributed by atoms with Gasteiger partial charge in [0.05, 0.1) is 18.2 Å². The number of amides is 2. The van der Waals surface area contributed by atoms with Gasteiger partial charge in [-0.15, -0.1) is 0 Å². The van der Waals surface area contributed by atoms with Crippen molar-refractivity contribution in [3.8, 4) is 5.75 Å². The van der Waals surface area contributed by atoms with Gasteiger partial charge in [-0.2, -0.15) is 0 Å². The first-order valence-electron chi connectivity index (χ1n) is 11.2. The Morgan fingerprint density at radius 1 is 1.09 bits per heavy atom. The Hall–Kier alpha value is -4.46. The number of nitrogens with one attached hydrogen (secondary N) is 1. The van der Waals surface area contributed by atoms with E-state index in [0.29, 0.717) is 34.9 Å². The van der Waals surface area contributed by atoms with E-state index in [1.54, 1.807) is 73.1 Å². The van der Waals surface area contributed by atoms with E-state index in [9.17, 15) is 19.5 Å². The Morgan fingerprint density at radius 3 is 2.46 bits per heavy atom. The minimum absolute atomic E-state index is 0.0280. The summed E-state index contributed by atoms with van der Waals surface area (Å²) in [6.45, 7) is 3.90. The number of ketones is 1. The number of aromatic nitrogens is 1. The molecule has 8 nitrogen and oxygen atoms in total. The smallest absolute Gasteiger partial charge is 0.300 e. The molecule has 178 valence electrons. The molecule has 1 aromatic heterocycles. The van der Waals surface area contributed by atoms with E-state index in [4.69, 9.17) is 4.74 Å². The number of ether oxygens (including phenoxy) is 1. The van der Waals surface area contributed by atoms with Crippen molar-refractivity contribution in [2.75, 3.05) is 16.8 Å². The third-order valence-electron chi connectivity index (χ3n) is 5.51. The van der Waals surface area contributed by atoms with Gasteiger partial charge >= 0.3 is 0 Å². The van der Waals surface area contributed by atoms with Crippen LogP contribution in [0.1, 0.15) is 37.4 Å². The minimum atomic E-state index is -0.871. The van der Waals surface area contributed by atoms with Gasteiger partial charge in [0.1, 0.15) is 11.5 Å². The zero-order valence-corrected chi connectivity index (χ0v) is 19.4. The molecule has 1 fully saturated rings. The second kappa shape index (κ2) is 10.2. The molecule has 3 aromatic rings. The van der Waals surface area contributed by atoms with Gasteiger partial charge in [-0.1, -0.05) is 19.1 Å². The van der Waals surface area contributed by atoms with Gasteiger partial charge in [0.2, 0.25) is 5.91 Å². The van der Waals surface area contributed by atoms with Gasteiger partial charge in [-0.25, -0.2) is 0 Å². The molecule has 0 radical (unpaired) electrons. The highest BCUT2D eigenvalue weighted by molar-refractivity contribution is 6.51. The van der Waals surface area contributed by atoms with E-state index in [1.165, 1.54) is 11.8 Å². The van der Waals surface area contributed by atoms with Gasteiger partial charge in [0, 0.05) is 36.3 Å². The lowest BCUT2D eigenvalue weighted by Crippen LogP contribution is -2.29. The lowest BCUT2D eigenvalue weighted by molar-refractivity contribution is -0.132. The maximum atomic E-state index is 13.2. The molecule has 1 unspecified atom stereocenters. The van der Waals surface area contributed by atoms with Crippen LogP contribution in [0.3, 0.4) is 0 Å². The van der Waals surface area contributed by atoms with E-state index in [2.05, 4.69) is 10.3 Å². The number of benzene rings is 2. The predicted molar refractivity (Wildman–Crippen MR) is 132 cm³/mol. The number of carbonyl (C=O) groups excluding carboxylic acids is 3. The fraction of sp³-hybridized carbons (Fsp3) is 0.185. The van der Waals surface area contributed by atoms with Crippen molar-refractivity contribution in [1.29, 1.82) is 0 Å². The molecule has 0 bridgehead atoms. The van der Waals surface area contributed by atoms with Crippen molar-refractivity contribution in [2.24, 2.45) is 0 Å². The molecule has 0 aliphatic carbocycles. The van der Waals surface area contributed by atoms with Crippen LogP contribution in [0.15, 0.2) is 78.6 Å². The molecule has 0 spiro atoms. The predicted octanol–water partition coefficient (Wildman–Crippen LogP) is 4.46. The summed E-state index contributed by atoms with van der Waals surface area (Å²) in [5, 5.41) is 13.9. The Morgan fingerprint density at radius 2 is 1.80 bits per heavy atom. The van der Waals surface area contributed by atoms with E-state index >= 15 is 0 Å². The number of carbonyl (C=O) groups is 3. The number of Topliss-reactive ketones (excluding diaryl/α,β-unsaturated/α-hetero) is 1. The van der Waals surface area contributed by atoms with Crippen LogP contribution >= 0.6 is 0 Å². The van der Waals surface area contributed by atoms with Gasteiger partial charge in [0.25, 0.3) is 11.7 Å². The van der Waals surface area contributed by atoms with Gasteiger partial charge < -0.3 is 15.2 Å². The van der Waals surface area contributed by atoms with Crippen LogP contribution in [0.25, 0.3) is 5.76 Å². The zero-order valence-electron chi connectivity index (χ0n) is 19.4. The summed E-state index contributed by atoms with van der Waals surface area (Å²) in [5.41, 5.74) is 1.96. The molecule has 1 aliphatic rings. The standard InChI is InChI=1S/C27H25N3O5/c1-3-15-35-22-6-4-5-19(16-22)25(32)23-24(18-11-13-28-14-12-18)30(27(34)26(23)33)21-9-7-20(8-10-21)29-17(2)31/h4-14,16,24,32H,3,15H2,1-2H3,(H,29,31)/b25-23-. The SMILES string of the molecule is CCCOc1cccc(/C(O)=C2/C(=O)C(=O)N(c3ccc(NC(C)=O)cc3)C2c2ccncc2)c1. The first kappa shape index (κ1) is 23.7. The highest BCUT2D eigenvalue weighted by Gasteiger charge is 2.47. The summed E-state index contributed by atoms with van der Waals surface area (Å²) in [6, 6.07) is 15.9. The topological polar surface area (TPSA) is 109 Å². The van der Waals surface area contributed by atoms with Crippen LogP contribution < -0.4 is 15.0 Å². The zero-order chi connectivity index (χ0) is 24.9. The molecule has 2 amide bonds. The Labute approximate surface area is 202 Å². The third-order valence-corrected chi connectivity index (χ3v) is 5.51. The summed E-state index contributed by atoms with van der Waals surface area (Å²) in [6.07, 6.45) is 3.95. The quantitative estimate of drug-likeness (QED) is 0.299. The average molecular weight is 472 g/mol. The molecule has 2 N–H and O–H groups in total. The van der Waals surface area contributed by atoms with Crippen molar-refractivity contribution in [2.45, 2.75) is 26.3 Å². The summed E-state index contributed by atoms with van der Waals surface area (Å²) in [4.78, 5) is 43.2. The van der Waals surface area contributed by atoms with Crippen molar-refractivity contribution < 1.29 is 24.2 Å². The Balaban J connectivity index is 1.82. The van der Waals surface area contributed by atoms with Crippen LogP contribution in [0.4, 0.5) is 11.4 Å². The van der Waals surface area contributed by atoms with Gasteiger partial charge in [0.15, 0.2) is 0 Å². The summed E-state index contributed by atoms with van der Waals surface area (Å²) >= 11 is 0. The number of pyridine rings is 1. The molecule has 1 saturated heterocycles. The maximum Gasteiger partial charge on any atom is 0.300 e. The van der Waals surface area contributed by atoms with E-state index in [0.717, 1.165) is 6.42 Å². The molecular weight excluding hydrogens is 446 g/mol. The lowest BCUT2D eigenvalue weighted by Gasteiger charge is -2.25. The van der Waals surface area contributed by atoms with E-state index < -0.39 is 17.7 Å². The molecule has 1 atom stereocenters. The summed E-state index contributed by atoms with van der Waals surface area (Å²) in [5.74, 6) is -1.52. The molecule has 1 aliphatic heterocycles. The number of rotatable bonds is 7. The molecule has 35 heavy (non-hydrogen) atoms. The van der Waals surface area contributed by atoms with Crippen molar-refractivity contribution >= 4 is 34.7 Å². The first-order chi connectivity index (χ1) is 16.9. The molecule has 4 rings (SSSR count). The molecule has 0 saturated carbocycles. The molecular formula is C27H25N3O5. The van der Waals surface area contributed by atoms with Crippen LogP contribution in [0, 0.1) is 0 Å². The monoisotopic (exact) mass is 471 g/mol. The number of anilines is 2.